The highest BCUT2D eigenvalue weighted by Gasteiger charge is 2.20. The van der Waals surface area contributed by atoms with Gasteiger partial charge in [0.25, 0.3) is 0 Å². The molecule has 1 aromatic heterocycles. The van der Waals surface area contributed by atoms with Gasteiger partial charge in [0, 0.05) is 25.3 Å². The largest absolute Gasteiger partial charge is 0.469 e. The van der Waals surface area contributed by atoms with Crippen molar-refractivity contribution in [2.75, 3.05) is 7.11 Å². The molecule has 1 fully saturated rings. The second-order valence-corrected chi connectivity index (χ2v) is 4.08. The van der Waals surface area contributed by atoms with Crippen LogP contribution in [0.4, 0.5) is 0 Å². The van der Waals surface area contributed by atoms with E-state index in [1.54, 1.807) is 6.33 Å². The Bertz CT molecular complexity index is 358. The molecule has 1 saturated carbocycles. The summed E-state index contributed by atoms with van der Waals surface area (Å²) in [5.41, 5.74) is 1.02. The highest BCUT2D eigenvalue weighted by molar-refractivity contribution is 5.68. The summed E-state index contributed by atoms with van der Waals surface area (Å²) in [7, 11) is 1.40. The summed E-state index contributed by atoms with van der Waals surface area (Å²) in [6.45, 7) is 1.44. The number of esters is 1. The Morgan fingerprint density at radius 1 is 1.69 bits per heavy atom. The van der Waals surface area contributed by atoms with Gasteiger partial charge in [0.2, 0.25) is 0 Å². The van der Waals surface area contributed by atoms with Gasteiger partial charge in [-0.05, 0) is 12.8 Å². The average molecular weight is 223 g/mol. The van der Waals surface area contributed by atoms with E-state index in [0.29, 0.717) is 19.0 Å². The number of hydrogen-bond donors (Lipinski definition) is 1. The molecule has 88 valence electrons. The summed E-state index contributed by atoms with van der Waals surface area (Å²) in [6.07, 6.45) is 6.68. The smallest absolute Gasteiger partial charge is 0.307 e. The first-order valence-corrected chi connectivity index (χ1v) is 5.59. The van der Waals surface area contributed by atoms with Crippen molar-refractivity contribution in [1.29, 1.82) is 0 Å². The third kappa shape index (κ3) is 3.34. The van der Waals surface area contributed by atoms with Crippen LogP contribution in [0.25, 0.3) is 0 Å². The molecule has 0 bridgehead atoms. The first-order chi connectivity index (χ1) is 7.78. The fourth-order valence-electron chi connectivity index (χ4n) is 1.48. The Morgan fingerprint density at radius 3 is 3.19 bits per heavy atom. The molecular weight excluding hydrogens is 206 g/mol. The molecule has 0 amide bonds. The zero-order valence-electron chi connectivity index (χ0n) is 9.48. The summed E-state index contributed by atoms with van der Waals surface area (Å²) in [4.78, 5) is 15.2. The van der Waals surface area contributed by atoms with E-state index in [1.807, 2.05) is 10.8 Å². The third-order valence-corrected chi connectivity index (χ3v) is 2.64. The number of hydrogen-bond acceptors (Lipinski definition) is 4. The first kappa shape index (κ1) is 11.1. The second kappa shape index (κ2) is 5.12. The number of nitrogens with one attached hydrogen (secondary N) is 1. The van der Waals surface area contributed by atoms with Gasteiger partial charge in [0.1, 0.15) is 0 Å². The normalized spacial score (nSPS) is 15.1. The van der Waals surface area contributed by atoms with Gasteiger partial charge >= 0.3 is 5.97 Å². The molecule has 0 aliphatic heterocycles. The fraction of sp³-hybridized carbons (Fsp3) is 0.636. The molecule has 5 nitrogen and oxygen atoms in total. The van der Waals surface area contributed by atoms with E-state index < -0.39 is 0 Å². The minimum absolute atomic E-state index is 0.189. The lowest BCUT2D eigenvalue weighted by Crippen LogP contribution is -2.15. The van der Waals surface area contributed by atoms with Crippen molar-refractivity contribution in [2.24, 2.45) is 0 Å². The minimum atomic E-state index is -0.189. The summed E-state index contributed by atoms with van der Waals surface area (Å²) in [5, 5.41) is 3.39. The zero-order chi connectivity index (χ0) is 11.4. The topological polar surface area (TPSA) is 56.2 Å². The number of nitrogens with zero attached hydrogens (tertiary/aromatic N) is 2. The predicted molar refractivity (Wildman–Crippen MR) is 58.7 cm³/mol. The maximum atomic E-state index is 10.9. The number of carbonyl (C=O) groups excluding carboxylic acids is 1. The molecule has 1 aromatic rings. The lowest BCUT2D eigenvalue weighted by atomic mass is 10.4. The van der Waals surface area contributed by atoms with Gasteiger partial charge in [-0.1, -0.05) is 0 Å². The molecule has 0 unspecified atom stereocenters. The van der Waals surface area contributed by atoms with Crippen LogP contribution in [0, 0.1) is 0 Å². The fourth-order valence-corrected chi connectivity index (χ4v) is 1.48. The SMILES string of the molecule is COC(=O)CCn1cnc(CNC2CC2)c1. The predicted octanol–water partition coefficient (Wildman–Crippen LogP) is 0.698. The van der Waals surface area contributed by atoms with Gasteiger partial charge in [-0.3, -0.25) is 4.79 Å². The van der Waals surface area contributed by atoms with Crippen LogP contribution < -0.4 is 5.32 Å². The minimum Gasteiger partial charge on any atom is -0.469 e. The van der Waals surface area contributed by atoms with Gasteiger partial charge in [-0.2, -0.15) is 0 Å². The first-order valence-electron chi connectivity index (χ1n) is 5.59. The molecular formula is C11H17N3O2. The number of rotatable bonds is 6. The van der Waals surface area contributed by atoms with Crippen LogP contribution in [-0.4, -0.2) is 28.7 Å². The molecule has 0 atom stereocenters. The van der Waals surface area contributed by atoms with E-state index in [0.717, 1.165) is 12.2 Å². The van der Waals surface area contributed by atoms with Crippen molar-refractivity contribution >= 4 is 5.97 Å². The summed E-state index contributed by atoms with van der Waals surface area (Å²) >= 11 is 0. The number of methoxy groups -OCH3 is 1. The summed E-state index contributed by atoms with van der Waals surface area (Å²) in [6, 6.07) is 0.695. The molecule has 0 radical (unpaired) electrons. The molecule has 0 spiro atoms. The monoisotopic (exact) mass is 223 g/mol. The Labute approximate surface area is 94.8 Å². The van der Waals surface area contributed by atoms with Crippen molar-refractivity contribution in [1.82, 2.24) is 14.9 Å². The Hall–Kier alpha value is -1.36. The van der Waals surface area contributed by atoms with E-state index in [-0.39, 0.29) is 5.97 Å². The van der Waals surface area contributed by atoms with Crippen LogP contribution >= 0.6 is 0 Å². The molecule has 2 rings (SSSR count). The number of aromatic nitrogens is 2. The van der Waals surface area contributed by atoms with Crippen molar-refractivity contribution in [3.8, 4) is 0 Å². The van der Waals surface area contributed by atoms with E-state index in [2.05, 4.69) is 15.0 Å². The van der Waals surface area contributed by atoms with E-state index in [4.69, 9.17) is 0 Å². The molecule has 0 aromatic carbocycles. The van der Waals surface area contributed by atoms with Crippen molar-refractivity contribution in [3.63, 3.8) is 0 Å². The lowest BCUT2D eigenvalue weighted by Gasteiger charge is -2.00. The van der Waals surface area contributed by atoms with Gasteiger partial charge in [-0.15, -0.1) is 0 Å². The van der Waals surface area contributed by atoms with E-state index >= 15 is 0 Å². The highest BCUT2D eigenvalue weighted by atomic mass is 16.5. The van der Waals surface area contributed by atoms with E-state index in [9.17, 15) is 4.79 Å². The second-order valence-electron chi connectivity index (χ2n) is 4.08. The quantitative estimate of drug-likeness (QED) is 0.721. The van der Waals surface area contributed by atoms with Crippen LogP contribution in [0.1, 0.15) is 25.0 Å². The van der Waals surface area contributed by atoms with Gasteiger partial charge < -0.3 is 14.6 Å². The van der Waals surface area contributed by atoms with E-state index in [1.165, 1.54) is 20.0 Å². The standard InChI is InChI=1S/C11H17N3O2/c1-16-11(15)4-5-14-7-10(13-8-14)6-12-9-2-3-9/h7-9,12H,2-6H2,1H3. The molecule has 1 aliphatic carbocycles. The van der Waals surface area contributed by atoms with Crippen LogP contribution in [0.5, 0.6) is 0 Å². The molecule has 1 N–H and O–H groups in total. The van der Waals surface area contributed by atoms with Crippen molar-refractivity contribution in [2.45, 2.75) is 38.4 Å². The number of carbonyl (C=O) groups is 1. The summed E-state index contributed by atoms with van der Waals surface area (Å²) in [5.74, 6) is -0.189. The van der Waals surface area contributed by atoms with Crippen LogP contribution in [0.3, 0.4) is 0 Å². The van der Waals surface area contributed by atoms with Crippen LogP contribution in [-0.2, 0) is 22.6 Å². The van der Waals surface area contributed by atoms with Crippen LogP contribution in [0.2, 0.25) is 0 Å². The molecule has 1 heterocycles. The van der Waals surface area contributed by atoms with Crippen molar-refractivity contribution < 1.29 is 9.53 Å². The molecule has 5 heteroatoms. The zero-order valence-corrected chi connectivity index (χ0v) is 9.48. The Kier molecular flexibility index (Phi) is 3.56. The lowest BCUT2D eigenvalue weighted by molar-refractivity contribution is -0.140. The van der Waals surface area contributed by atoms with Crippen molar-refractivity contribution in [3.05, 3.63) is 18.2 Å². The highest BCUT2D eigenvalue weighted by Crippen LogP contribution is 2.18. The van der Waals surface area contributed by atoms with Gasteiger partial charge in [0.15, 0.2) is 0 Å². The van der Waals surface area contributed by atoms with Gasteiger partial charge in [-0.25, -0.2) is 4.98 Å². The molecule has 16 heavy (non-hydrogen) atoms. The maximum Gasteiger partial charge on any atom is 0.307 e. The summed E-state index contributed by atoms with van der Waals surface area (Å²) < 4.78 is 6.50. The number of aryl methyl sites for hydroxylation is 1. The van der Waals surface area contributed by atoms with Gasteiger partial charge in [0.05, 0.1) is 25.6 Å². The Balaban J connectivity index is 1.74. The molecule has 0 saturated heterocycles. The third-order valence-electron chi connectivity index (χ3n) is 2.64. The number of imidazole rings is 1. The molecule has 1 aliphatic rings. The van der Waals surface area contributed by atoms with Crippen LogP contribution in [0.15, 0.2) is 12.5 Å². The maximum absolute atomic E-state index is 10.9. The number of ether oxygens (including phenoxy) is 1. The Morgan fingerprint density at radius 2 is 2.50 bits per heavy atom. The average Bonchev–Trinajstić information content (AvgIpc) is 3.02.